The maximum Gasteiger partial charge on any atom is 0.152 e. The van der Waals surface area contributed by atoms with Crippen molar-refractivity contribution in [2.24, 2.45) is 10.1 Å². The summed E-state index contributed by atoms with van der Waals surface area (Å²) in [6.45, 7) is 6.70. The van der Waals surface area contributed by atoms with Crippen LogP contribution in [-0.4, -0.2) is 14.9 Å². The number of hydrogen-bond acceptors (Lipinski definition) is 5. The van der Waals surface area contributed by atoms with Crippen LogP contribution in [0.2, 0.25) is 0 Å². The van der Waals surface area contributed by atoms with Crippen LogP contribution < -0.4 is 20.9 Å². The first-order valence-electron chi connectivity index (χ1n) is 10.7. The number of hydrogen-bond donors (Lipinski definition) is 1. The summed E-state index contributed by atoms with van der Waals surface area (Å²) in [7, 11) is 4.10. The molecule has 1 N–H and O–H groups in total. The summed E-state index contributed by atoms with van der Waals surface area (Å²) >= 11 is 3.74. The number of fused-ring (bicyclic) bond motifs is 6. The highest BCUT2D eigenvalue weighted by atomic mass is 32.1. The Labute approximate surface area is 194 Å². The van der Waals surface area contributed by atoms with Crippen LogP contribution in [-0.2, 0) is 0 Å². The van der Waals surface area contributed by atoms with Crippen molar-refractivity contribution in [3.63, 3.8) is 0 Å². The Bertz CT molecular complexity index is 1800. The minimum atomic E-state index is 0.994. The first-order valence-corrected chi connectivity index (χ1v) is 12.4. The topological polar surface area (TPSA) is 36.8 Å². The predicted molar refractivity (Wildman–Crippen MR) is 144 cm³/mol. The van der Waals surface area contributed by atoms with Gasteiger partial charge in [-0.3, -0.25) is 10.4 Å². The van der Waals surface area contributed by atoms with Gasteiger partial charge >= 0.3 is 0 Å². The molecule has 0 unspecified atom stereocenters. The summed E-state index contributed by atoms with van der Waals surface area (Å²) in [6.07, 6.45) is 0. The molecule has 4 aromatic carbocycles. The van der Waals surface area contributed by atoms with Crippen molar-refractivity contribution in [2.45, 2.75) is 20.8 Å². The summed E-state index contributed by atoms with van der Waals surface area (Å²) in [4.78, 5) is 6.06. The summed E-state index contributed by atoms with van der Waals surface area (Å²) in [5.74, 6) is 0. The van der Waals surface area contributed by atoms with Crippen LogP contribution >= 0.6 is 22.7 Å². The molecule has 0 aliphatic heterocycles. The maximum atomic E-state index is 4.96. The lowest BCUT2D eigenvalue weighted by Crippen LogP contribution is -2.06. The lowest BCUT2D eigenvalue weighted by molar-refractivity contribution is 1.25. The van der Waals surface area contributed by atoms with Crippen molar-refractivity contribution < 1.29 is 0 Å². The number of para-hydroxylation sites is 1. The number of anilines is 1. The number of nitrogens with zero attached hydrogens (tertiary/aromatic N) is 2. The van der Waals surface area contributed by atoms with Crippen molar-refractivity contribution in [3.8, 4) is 0 Å². The van der Waals surface area contributed by atoms with E-state index in [0.717, 1.165) is 16.4 Å². The molecule has 0 atom stereocenters. The number of rotatable bonds is 2. The fourth-order valence-electron chi connectivity index (χ4n) is 5.16. The van der Waals surface area contributed by atoms with Gasteiger partial charge in [0.25, 0.3) is 0 Å². The molecule has 2 heterocycles. The zero-order chi connectivity index (χ0) is 22.1. The minimum absolute atomic E-state index is 0.994. The first kappa shape index (κ1) is 19.7. The monoisotopic (exact) mass is 451 g/mol. The zero-order valence-corrected chi connectivity index (χ0v) is 20.4. The molecule has 0 saturated carbocycles. The molecule has 2 aromatic heterocycles. The molecule has 3 nitrogen and oxygen atoms in total. The molecule has 0 radical (unpaired) electrons. The van der Waals surface area contributed by atoms with Crippen LogP contribution in [0.1, 0.15) is 16.0 Å². The fourth-order valence-corrected chi connectivity index (χ4v) is 7.41. The van der Waals surface area contributed by atoms with E-state index < -0.39 is 0 Å². The first-order chi connectivity index (χ1) is 15.5. The number of aryl methyl sites for hydroxylation is 3. The van der Waals surface area contributed by atoms with Crippen LogP contribution in [0.4, 0.5) is 5.69 Å². The SMILES string of the molecule is Bc1cc2/c(=N\C)c3c(C)c4c(c(C)c3c2s1)/c(=N/Nc1ccccc1)c1cc(C)sc14. The van der Waals surface area contributed by atoms with Crippen molar-refractivity contribution >= 4 is 82.7 Å². The highest BCUT2D eigenvalue weighted by Gasteiger charge is 2.23. The molecular weight excluding hydrogens is 429 g/mol. The Kier molecular flexibility index (Phi) is 4.33. The Hall–Kier alpha value is -2.96. The highest BCUT2D eigenvalue weighted by Crippen LogP contribution is 2.41. The van der Waals surface area contributed by atoms with Gasteiger partial charge in [0.2, 0.25) is 0 Å². The molecule has 156 valence electrons. The average Bonchev–Trinajstić information content (AvgIpc) is 3.48. The summed E-state index contributed by atoms with van der Waals surface area (Å²) in [5, 5.41) is 14.9. The lowest BCUT2D eigenvalue weighted by atomic mass is 9.98. The average molecular weight is 451 g/mol. The largest absolute Gasteiger partial charge is 0.287 e. The van der Waals surface area contributed by atoms with E-state index >= 15 is 0 Å². The van der Waals surface area contributed by atoms with Gasteiger partial charge in [0, 0.05) is 53.6 Å². The number of thiophene rings is 2. The third kappa shape index (κ3) is 2.60. The van der Waals surface area contributed by atoms with E-state index in [1.54, 1.807) is 0 Å². The third-order valence-corrected chi connectivity index (χ3v) is 8.58. The van der Waals surface area contributed by atoms with Crippen molar-refractivity contribution in [2.75, 3.05) is 12.5 Å². The van der Waals surface area contributed by atoms with Crippen molar-refractivity contribution in [1.29, 1.82) is 0 Å². The van der Waals surface area contributed by atoms with E-state index in [4.69, 9.17) is 10.1 Å². The molecule has 0 aliphatic carbocycles. The van der Waals surface area contributed by atoms with Crippen molar-refractivity contribution in [1.82, 2.24) is 0 Å². The molecule has 0 spiro atoms. The van der Waals surface area contributed by atoms with Crippen molar-refractivity contribution in [3.05, 3.63) is 69.2 Å². The molecular formula is C26H22BN3S2. The second kappa shape index (κ2) is 7.02. The quantitative estimate of drug-likeness (QED) is 0.294. The Morgan fingerprint density at radius 3 is 2.09 bits per heavy atom. The second-order valence-corrected chi connectivity index (χ2v) is 11.0. The second-order valence-electron chi connectivity index (χ2n) is 8.46. The fraction of sp³-hybridized carbons (Fsp3) is 0.154. The predicted octanol–water partition coefficient (Wildman–Crippen LogP) is 4.94. The van der Waals surface area contributed by atoms with Gasteiger partial charge in [-0.25, -0.2) is 0 Å². The molecule has 6 heteroatoms. The Balaban J connectivity index is 1.84. The standard InChI is InChI=1S/C26H22BN3S2/c1-12-10-16-24(30-29-15-8-6-5-7-9-15)20-14(3)21-19(13(2)22(20)25(16)31-12)23(28-4)17-11-18(27)32-26(17)21/h5-11,29H,27H2,1-4H3/b28-23+,30-24+. The van der Waals surface area contributed by atoms with Crippen LogP contribution in [0, 0.1) is 20.8 Å². The number of benzene rings is 2. The van der Waals surface area contributed by atoms with Gasteiger partial charge in [-0.2, -0.15) is 16.4 Å². The van der Waals surface area contributed by atoms with Gasteiger partial charge < -0.3 is 0 Å². The lowest BCUT2D eigenvalue weighted by Gasteiger charge is -2.07. The van der Waals surface area contributed by atoms with Crippen LogP contribution in [0.15, 0.2) is 52.6 Å². The van der Waals surface area contributed by atoms with Gasteiger partial charge in [-0.1, -0.05) is 18.2 Å². The Morgan fingerprint density at radius 2 is 1.41 bits per heavy atom. The summed E-state index contributed by atoms with van der Waals surface area (Å²) in [5.41, 5.74) is 6.92. The summed E-state index contributed by atoms with van der Waals surface area (Å²) in [6, 6.07) is 14.7. The maximum absolute atomic E-state index is 4.96. The smallest absolute Gasteiger partial charge is 0.152 e. The van der Waals surface area contributed by atoms with E-state index in [-0.39, 0.29) is 0 Å². The molecule has 0 saturated heterocycles. The van der Waals surface area contributed by atoms with Gasteiger partial charge in [0.15, 0.2) is 7.85 Å². The van der Waals surface area contributed by atoms with Gasteiger partial charge in [0.05, 0.1) is 11.0 Å². The van der Waals surface area contributed by atoms with E-state index in [1.165, 1.54) is 62.5 Å². The molecule has 0 aliphatic rings. The van der Waals surface area contributed by atoms with E-state index in [9.17, 15) is 0 Å². The normalized spacial score (nSPS) is 13.5. The molecule has 32 heavy (non-hydrogen) atoms. The molecule has 6 aromatic rings. The van der Waals surface area contributed by atoms with Crippen LogP contribution in [0.3, 0.4) is 0 Å². The van der Waals surface area contributed by atoms with E-state index in [0.29, 0.717) is 0 Å². The Morgan fingerprint density at radius 1 is 0.781 bits per heavy atom. The third-order valence-electron chi connectivity index (χ3n) is 6.44. The molecule has 0 bridgehead atoms. The van der Waals surface area contributed by atoms with Gasteiger partial charge in [-0.15, -0.1) is 11.3 Å². The van der Waals surface area contributed by atoms with E-state index in [1.807, 2.05) is 60.1 Å². The summed E-state index contributed by atoms with van der Waals surface area (Å²) < 4.78 is 4.01. The van der Waals surface area contributed by atoms with E-state index in [2.05, 4.69) is 46.2 Å². The van der Waals surface area contributed by atoms with Crippen LogP contribution in [0.5, 0.6) is 0 Å². The van der Waals surface area contributed by atoms with Gasteiger partial charge in [-0.05, 0) is 60.9 Å². The molecule has 6 rings (SSSR count). The number of nitrogens with one attached hydrogen (secondary N) is 1. The highest BCUT2D eigenvalue weighted by molar-refractivity contribution is 7.27. The minimum Gasteiger partial charge on any atom is -0.287 e. The van der Waals surface area contributed by atoms with Crippen LogP contribution in [0.25, 0.3) is 41.7 Å². The van der Waals surface area contributed by atoms with Gasteiger partial charge in [0.1, 0.15) is 5.36 Å². The zero-order valence-electron chi connectivity index (χ0n) is 18.8. The molecule has 0 fully saturated rings. The molecule has 0 amide bonds.